The van der Waals surface area contributed by atoms with Gasteiger partial charge in [-0.25, -0.2) is 8.78 Å². The molecule has 0 aliphatic rings. The summed E-state index contributed by atoms with van der Waals surface area (Å²) in [6.45, 7) is 3.36. The van der Waals surface area contributed by atoms with E-state index in [0.717, 1.165) is 29.6 Å². The first-order valence-corrected chi connectivity index (χ1v) is 8.77. The molecule has 0 saturated heterocycles. The summed E-state index contributed by atoms with van der Waals surface area (Å²) in [6.07, 6.45) is 0. The number of amides is 2. The van der Waals surface area contributed by atoms with Gasteiger partial charge in [-0.2, -0.15) is 0 Å². The zero-order chi connectivity index (χ0) is 21.0. The molecule has 0 spiro atoms. The topological polar surface area (TPSA) is 72.4 Å². The third kappa shape index (κ3) is 4.98. The lowest BCUT2D eigenvalue weighted by molar-refractivity contribution is -0.118. The third-order valence-electron chi connectivity index (χ3n) is 4.17. The molecule has 150 valence electrons. The average Bonchev–Trinajstić information content (AvgIpc) is 3.01. The Bertz CT molecular complexity index is 1030. The number of benzene rings is 2. The van der Waals surface area contributed by atoms with E-state index >= 15 is 0 Å². The Morgan fingerprint density at radius 3 is 2.28 bits per heavy atom. The van der Waals surface area contributed by atoms with E-state index in [-0.39, 0.29) is 11.6 Å². The van der Waals surface area contributed by atoms with Crippen LogP contribution in [0.2, 0.25) is 0 Å². The standard InChI is InChI=1S/C21H19F2N3O3/c1-13-3-4-14(2)26(13)25-21(28)15-5-8-17(9-6-15)29-12-20(27)24-19-11-16(22)7-10-18(19)23/h3-11H,12H2,1-2H3,(H,24,27)(H,25,28). The van der Waals surface area contributed by atoms with E-state index in [4.69, 9.17) is 4.74 Å². The van der Waals surface area contributed by atoms with Crippen molar-refractivity contribution in [3.63, 3.8) is 0 Å². The van der Waals surface area contributed by atoms with Gasteiger partial charge < -0.3 is 10.1 Å². The fourth-order valence-electron chi connectivity index (χ4n) is 2.64. The van der Waals surface area contributed by atoms with Gasteiger partial charge in [0.25, 0.3) is 11.8 Å². The van der Waals surface area contributed by atoms with Crippen LogP contribution < -0.4 is 15.5 Å². The van der Waals surface area contributed by atoms with Crippen LogP contribution in [-0.4, -0.2) is 23.1 Å². The maximum Gasteiger partial charge on any atom is 0.270 e. The first kappa shape index (κ1) is 20.1. The van der Waals surface area contributed by atoms with E-state index in [9.17, 15) is 18.4 Å². The maximum atomic E-state index is 13.5. The summed E-state index contributed by atoms with van der Waals surface area (Å²) in [7, 11) is 0. The minimum Gasteiger partial charge on any atom is -0.484 e. The smallest absolute Gasteiger partial charge is 0.270 e. The molecule has 2 N–H and O–H groups in total. The molecule has 3 rings (SSSR count). The summed E-state index contributed by atoms with van der Waals surface area (Å²) in [4.78, 5) is 24.2. The van der Waals surface area contributed by atoms with Gasteiger partial charge in [0.2, 0.25) is 0 Å². The Morgan fingerprint density at radius 2 is 1.62 bits per heavy atom. The molecular formula is C21H19F2N3O3. The van der Waals surface area contributed by atoms with Crippen LogP contribution in [0.1, 0.15) is 21.7 Å². The van der Waals surface area contributed by atoms with Gasteiger partial charge in [-0.05, 0) is 62.4 Å². The van der Waals surface area contributed by atoms with Crippen LogP contribution in [-0.2, 0) is 4.79 Å². The molecule has 29 heavy (non-hydrogen) atoms. The Kier molecular flexibility index (Phi) is 5.92. The van der Waals surface area contributed by atoms with Crippen molar-refractivity contribution in [1.82, 2.24) is 4.68 Å². The molecule has 8 heteroatoms. The number of carbonyl (C=O) groups is 2. The number of rotatable bonds is 6. The highest BCUT2D eigenvalue weighted by Crippen LogP contribution is 2.16. The number of carbonyl (C=O) groups excluding carboxylic acids is 2. The zero-order valence-corrected chi connectivity index (χ0v) is 15.8. The number of anilines is 1. The number of aromatic nitrogens is 1. The Balaban J connectivity index is 1.55. The summed E-state index contributed by atoms with van der Waals surface area (Å²) in [5.41, 5.74) is 4.74. The van der Waals surface area contributed by atoms with E-state index in [2.05, 4.69) is 10.7 Å². The fraction of sp³-hybridized carbons (Fsp3) is 0.143. The van der Waals surface area contributed by atoms with Crippen LogP contribution in [0.25, 0.3) is 0 Å². The van der Waals surface area contributed by atoms with Crippen molar-refractivity contribution in [2.45, 2.75) is 13.8 Å². The highest BCUT2D eigenvalue weighted by atomic mass is 19.1. The molecule has 0 fully saturated rings. The van der Waals surface area contributed by atoms with Crippen molar-refractivity contribution in [3.8, 4) is 5.75 Å². The SMILES string of the molecule is Cc1ccc(C)n1NC(=O)c1ccc(OCC(=O)Nc2cc(F)ccc2F)cc1. The van der Waals surface area contributed by atoms with Crippen molar-refractivity contribution < 1.29 is 23.1 Å². The Morgan fingerprint density at radius 1 is 0.966 bits per heavy atom. The van der Waals surface area contributed by atoms with Crippen LogP contribution in [0.15, 0.2) is 54.6 Å². The predicted molar refractivity (Wildman–Crippen MR) is 105 cm³/mol. The minimum absolute atomic E-state index is 0.263. The molecular weight excluding hydrogens is 380 g/mol. The van der Waals surface area contributed by atoms with E-state index in [1.807, 2.05) is 26.0 Å². The summed E-state index contributed by atoms with van der Waals surface area (Å²) in [5, 5.41) is 2.24. The highest BCUT2D eigenvalue weighted by Gasteiger charge is 2.11. The molecule has 0 aliphatic heterocycles. The second kappa shape index (κ2) is 8.55. The second-order valence-electron chi connectivity index (χ2n) is 6.38. The molecule has 0 radical (unpaired) electrons. The molecule has 1 heterocycles. The number of hydrogen-bond acceptors (Lipinski definition) is 3. The average molecular weight is 399 g/mol. The molecule has 0 bridgehead atoms. The van der Waals surface area contributed by atoms with E-state index in [1.54, 1.807) is 28.9 Å². The van der Waals surface area contributed by atoms with Gasteiger partial charge in [-0.15, -0.1) is 0 Å². The molecule has 2 aromatic carbocycles. The largest absolute Gasteiger partial charge is 0.484 e. The van der Waals surface area contributed by atoms with Gasteiger partial charge in [-0.1, -0.05) is 0 Å². The van der Waals surface area contributed by atoms with Crippen molar-refractivity contribution in [2.24, 2.45) is 0 Å². The van der Waals surface area contributed by atoms with Gasteiger partial charge in [0, 0.05) is 23.0 Å². The number of nitrogens with one attached hydrogen (secondary N) is 2. The number of nitrogens with zero attached hydrogens (tertiary/aromatic N) is 1. The van der Waals surface area contributed by atoms with E-state index in [0.29, 0.717) is 11.3 Å². The molecule has 0 unspecified atom stereocenters. The first-order valence-electron chi connectivity index (χ1n) is 8.77. The fourth-order valence-corrected chi connectivity index (χ4v) is 2.64. The summed E-state index contributed by atoms with van der Waals surface area (Å²) < 4.78 is 33.7. The number of ether oxygens (including phenoxy) is 1. The Hall–Kier alpha value is -3.68. The molecule has 0 aliphatic carbocycles. The lowest BCUT2D eigenvalue weighted by atomic mass is 10.2. The molecule has 2 amide bonds. The lowest BCUT2D eigenvalue weighted by Gasteiger charge is -2.12. The number of aryl methyl sites for hydroxylation is 2. The monoisotopic (exact) mass is 399 g/mol. The van der Waals surface area contributed by atoms with E-state index < -0.39 is 24.1 Å². The van der Waals surface area contributed by atoms with E-state index in [1.165, 1.54) is 0 Å². The van der Waals surface area contributed by atoms with Crippen LogP contribution in [0.3, 0.4) is 0 Å². The molecule has 0 atom stereocenters. The van der Waals surface area contributed by atoms with Gasteiger partial charge >= 0.3 is 0 Å². The van der Waals surface area contributed by atoms with Crippen LogP contribution in [0.4, 0.5) is 14.5 Å². The molecule has 1 aromatic heterocycles. The number of hydrogen-bond donors (Lipinski definition) is 2. The van der Waals surface area contributed by atoms with Crippen molar-refractivity contribution in [2.75, 3.05) is 17.3 Å². The van der Waals surface area contributed by atoms with Crippen molar-refractivity contribution >= 4 is 17.5 Å². The third-order valence-corrected chi connectivity index (χ3v) is 4.17. The van der Waals surface area contributed by atoms with Crippen molar-refractivity contribution in [1.29, 1.82) is 0 Å². The van der Waals surface area contributed by atoms with Gasteiger partial charge in [0.1, 0.15) is 17.4 Å². The molecule has 3 aromatic rings. The van der Waals surface area contributed by atoms with Gasteiger partial charge in [0.15, 0.2) is 6.61 Å². The Labute approximate surface area is 166 Å². The lowest BCUT2D eigenvalue weighted by Crippen LogP contribution is -2.24. The van der Waals surface area contributed by atoms with Gasteiger partial charge in [0.05, 0.1) is 5.69 Å². The first-order chi connectivity index (χ1) is 13.8. The molecule has 0 saturated carbocycles. The predicted octanol–water partition coefficient (Wildman–Crippen LogP) is 3.78. The van der Waals surface area contributed by atoms with Crippen LogP contribution >= 0.6 is 0 Å². The number of halogens is 2. The zero-order valence-electron chi connectivity index (χ0n) is 15.8. The van der Waals surface area contributed by atoms with Crippen LogP contribution in [0, 0.1) is 25.5 Å². The quantitative estimate of drug-likeness (QED) is 0.663. The highest BCUT2D eigenvalue weighted by molar-refractivity contribution is 6.00. The van der Waals surface area contributed by atoms with Crippen LogP contribution in [0.5, 0.6) is 5.75 Å². The normalized spacial score (nSPS) is 10.5. The molecule has 6 nitrogen and oxygen atoms in total. The summed E-state index contributed by atoms with van der Waals surface area (Å²) in [6, 6.07) is 12.8. The second-order valence-corrected chi connectivity index (χ2v) is 6.38. The minimum atomic E-state index is -0.747. The summed E-state index contributed by atoms with van der Waals surface area (Å²) in [5.74, 6) is -2.00. The van der Waals surface area contributed by atoms with Gasteiger partial charge in [-0.3, -0.25) is 19.7 Å². The van der Waals surface area contributed by atoms with Crippen molar-refractivity contribution in [3.05, 3.63) is 83.2 Å². The summed E-state index contributed by atoms with van der Waals surface area (Å²) >= 11 is 0. The maximum absolute atomic E-state index is 13.5.